The second kappa shape index (κ2) is 6.01. The Morgan fingerprint density at radius 1 is 1.55 bits per heavy atom. The molecule has 7 heteroatoms. The van der Waals surface area contributed by atoms with Crippen molar-refractivity contribution in [1.29, 1.82) is 0 Å². The Balaban J connectivity index is 1.83. The number of fused-ring (bicyclic) bond motifs is 1. The lowest BCUT2D eigenvalue weighted by Crippen LogP contribution is -2.39. The normalized spacial score (nSPS) is 25.1. The number of carbonyl (C=O) groups is 1. The molecule has 0 aliphatic carbocycles. The lowest BCUT2D eigenvalue weighted by Gasteiger charge is -2.33. The fourth-order valence-corrected chi connectivity index (χ4v) is 3.44. The Morgan fingerprint density at radius 3 is 2.91 bits per heavy atom. The molecular formula is C15H21ClN4O2. The molecule has 1 amide bonds. The Hall–Kier alpha value is -1.40. The summed E-state index contributed by atoms with van der Waals surface area (Å²) in [5.74, 6) is 0.618. The molecule has 0 radical (unpaired) electrons. The third-order valence-electron chi connectivity index (χ3n) is 4.81. The lowest BCUT2D eigenvalue weighted by molar-refractivity contribution is 0.0903. The van der Waals surface area contributed by atoms with Gasteiger partial charge in [0.1, 0.15) is 0 Å². The number of nitrogens with one attached hydrogen (secondary N) is 1. The number of halogens is 1. The molecule has 1 saturated heterocycles. The van der Waals surface area contributed by atoms with Gasteiger partial charge in [-0.25, -0.2) is 9.97 Å². The number of hydrogen-bond donors (Lipinski definition) is 1. The van der Waals surface area contributed by atoms with Gasteiger partial charge in [0.25, 0.3) is 0 Å². The number of rotatable bonds is 3. The first-order chi connectivity index (χ1) is 10.5. The van der Waals surface area contributed by atoms with Crippen LogP contribution in [0.15, 0.2) is 6.20 Å². The third kappa shape index (κ3) is 2.65. The van der Waals surface area contributed by atoms with Gasteiger partial charge in [-0.15, -0.1) is 0 Å². The van der Waals surface area contributed by atoms with Crippen molar-refractivity contribution >= 4 is 22.9 Å². The summed E-state index contributed by atoms with van der Waals surface area (Å²) in [4.78, 5) is 22.4. The average molecular weight is 325 g/mol. The molecule has 0 saturated carbocycles. The maximum absolute atomic E-state index is 11.7. The highest BCUT2D eigenvalue weighted by atomic mass is 35.5. The molecule has 0 bridgehead atoms. The van der Waals surface area contributed by atoms with Crippen molar-refractivity contribution in [3.63, 3.8) is 0 Å². The Labute approximate surface area is 135 Å². The third-order valence-corrected chi connectivity index (χ3v) is 5.01. The van der Waals surface area contributed by atoms with Gasteiger partial charge in [0.15, 0.2) is 0 Å². The fourth-order valence-electron chi connectivity index (χ4n) is 3.19. The number of aromatic nitrogens is 2. The van der Waals surface area contributed by atoms with Crippen LogP contribution in [0.5, 0.6) is 0 Å². The molecule has 1 aromatic rings. The SMILES string of the molecule is CCC1(C)c2cnc(NC3CCOCC3)nc2CN1C(=O)Cl. The van der Waals surface area contributed by atoms with E-state index in [0.717, 1.165) is 43.7 Å². The molecule has 3 rings (SSSR count). The quantitative estimate of drug-likeness (QED) is 0.684. The second-order valence-electron chi connectivity index (χ2n) is 6.05. The van der Waals surface area contributed by atoms with Crippen LogP contribution in [0.25, 0.3) is 0 Å². The molecule has 1 aromatic heterocycles. The van der Waals surface area contributed by atoms with E-state index in [0.29, 0.717) is 18.5 Å². The molecule has 6 nitrogen and oxygen atoms in total. The lowest BCUT2D eigenvalue weighted by atomic mass is 9.92. The van der Waals surface area contributed by atoms with Gasteiger partial charge in [-0.05, 0) is 37.8 Å². The molecule has 1 fully saturated rings. The maximum atomic E-state index is 11.7. The molecule has 2 aliphatic heterocycles. The Kier molecular flexibility index (Phi) is 4.23. The molecule has 1 unspecified atom stereocenters. The highest BCUT2D eigenvalue weighted by Crippen LogP contribution is 2.41. The minimum atomic E-state index is -0.443. The topological polar surface area (TPSA) is 67.4 Å². The smallest absolute Gasteiger partial charge is 0.317 e. The molecule has 22 heavy (non-hydrogen) atoms. The number of ether oxygens (including phenoxy) is 1. The van der Waals surface area contributed by atoms with Crippen LogP contribution in [0.1, 0.15) is 44.4 Å². The van der Waals surface area contributed by atoms with Gasteiger partial charge in [-0.1, -0.05) is 6.92 Å². The van der Waals surface area contributed by atoms with E-state index in [1.54, 1.807) is 4.90 Å². The Morgan fingerprint density at radius 2 is 2.27 bits per heavy atom. The molecule has 1 N–H and O–H groups in total. The van der Waals surface area contributed by atoms with Gasteiger partial charge in [0.05, 0.1) is 17.8 Å². The summed E-state index contributed by atoms with van der Waals surface area (Å²) in [7, 11) is 0. The van der Waals surface area contributed by atoms with Crippen molar-refractivity contribution in [1.82, 2.24) is 14.9 Å². The summed E-state index contributed by atoms with van der Waals surface area (Å²) in [5, 5.41) is 2.92. The van der Waals surface area contributed by atoms with Crippen LogP contribution in [0.3, 0.4) is 0 Å². The summed E-state index contributed by atoms with van der Waals surface area (Å²) in [6.07, 6.45) is 4.51. The van der Waals surface area contributed by atoms with Crippen LogP contribution in [0.2, 0.25) is 0 Å². The van der Waals surface area contributed by atoms with Crippen LogP contribution >= 0.6 is 11.6 Å². The van der Waals surface area contributed by atoms with E-state index in [1.165, 1.54) is 0 Å². The molecular weight excluding hydrogens is 304 g/mol. The first-order valence-electron chi connectivity index (χ1n) is 7.72. The number of hydrogen-bond acceptors (Lipinski definition) is 5. The van der Waals surface area contributed by atoms with Gasteiger partial charge in [0.2, 0.25) is 5.95 Å². The molecule has 0 spiro atoms. The van der Waals surface area contributed by atoms with Gasteiger partial charge in [0, 0.05) is 31.0 Å². The fraction of sp³-hybridized carbons (Fsp3) is 0.667. The van der Waals surface area contributed by atoms with E-state index >= 15 is 0 Å². The number of nitrogens with zero attached hydrogens (tertiary/aromatic N) is 3. The van der Waals surface area contributed by atoms with Crippen molar-refractivity contribution in [2.24, 2.45) is 0 Å². The van der Waals surface area contributed by atoms with E-state index in [-0.39, 0.29) is 0 Å². The summed E-state index contributed by atoms with van der Waals surface area (Å²) in [5.41, 5.74) is 1.44. The van der Waals surface area contributed by atoms with Gasteiger partial charge >= 0.3 is 5.37 Å². The molecule has 2 aliphatic rings. The van der Waals surface area contributed by atoms with Gasteiger partial charge < -0.3 is 15.0 Å². The summed E-state index contributed by atoms with van der Waals surface area (Å²) >= 11 is 5.74. The van der Waals surface area contributed by atoms with Gasteiger partial charge in [-0.3, -0.25) is 4.79 Å². The summed E-state index contributed by atoms with van der Waals surface area (Å²) in [6.45, 7) is 6.02. The Bertz CT molecular complexity index is 577. The highest BCUT2D eigenvalue weighted by molar-refractivity contribution is 6.62. The minimum Gasteiger partial charge on any atom is -0.381 e. The first kappa shape index (κ1) is 15.5. The highest BCUT2D eigenvalue weighted by Gasteiger charge is 2.43. The molecule has 0 aromatic carbocycles. The number of anilines is 1. The van der Waals surface area contributed by atoms with E-state index in [1.807, 2.05) is 20.0 Å². The van der Waals surface area contributed by atoms with E-state index in [9.17, 15) is 4.79 Å². The number of amides is 1. The van der Waals surface area contributed by atoms with Crippen LogP contribution in [0.4, 0.5) is 10.7 Å². The van der Waals surface area contributed by atoms with E-state index in [2.05, 4.69) is 15.3 Å². The molecule has 3 heterocycles. The van der Waals surface area contributed by atoms with Crippen molar-refractivity contribution in [2.45, 2.75) is 51.2 Å². The van der Waals surface area contributed by atoms with Crippen LogP contribution in [-0.2, 0) is 16.8 Å². The maximum Gasteiger partial charge on any atom is 0.317 e. The van der Waals surface area contributed by atoms with Crippen LogP contribution in [-0.4, -0.2) is 39.5 Å². The van der Waals surface area contributed by atoms with E-state index < -0.39 is 10.9 Å². The van der Waals surface area contributed by atoms with Crippen molar-refractivity contribution < 1.29 is 9.53 Å². The zero-order valence-electron chi connectivity index (χ0n) is 12.9. The summed E-state index contributed by atoms with van der Waals surface area (Å²) in [6, 6.07) is 0.344. The van der Waals surface area contributed by atoms with Crippen LogP contribution in [0, 0.1) is 0 Å². The largest absolute Gasteiger partial charge is 0.381 e. The zero-order valence-corrected chi connectivity index (χ0v) is 13.7. The minimum absolute atomic E-state index is 0.344. The van der Waals surface area contributed by atoms with Crippen molar-refractivity contribution in [3.05, 3.63) is 17.5 Å². The predicted octanol–water partition coefficient (Wildman–Crippen LogP) is 2.87. The average Bonchev–Trinajstić information content (AvgIpc) is 2.82. The standard InChI is InChI=1S/C15H21ClN4O2/c1-3-15(2)11-8-17-14(18-10-4-6-22-7-5-10)19-12(11)9-20(15)13(16)21/h8,10H,3-7,9H2,1-2H3,(H,17,18,19). The molecule has 1 atom stereocenters. The van der Waals surface area contributed by atoms with E-state index in [4.69, 9.17) is 16.3 Å². The molecule has 120 valence electrons. The van der Waals surface area contributed by atoms with Gasteiger partial charge in [-0.2, -0.15) is 0 Å². The van der Waals surface area contributed by atoms with Crippen molar-refractivity contribution in [2.75, 3.05) is 18.5 Å². The first-order valence-corrected chi connectivity index (χ1v) is 8.10. The monoisotopic (exact) mass is 324 g/mol. The number of carbonyl (C=O) groups excluding carboxylic acids is 1. The van der Waals surface area contributed by atoms with Crippen molar-refractivity contribution in [3.8, 4) is 0 Å². The van der Waals surface area contributed by atoms with Crippen LogP contribution < -0.4 is 5.32 Å². The zero-order chi connectivity index (χ0) is 15.7. The summed E-state index contributed by atoms with van der Waals surface area (Å²) < 4.78 is 5.35. The predicted molar refractivity (Wildman–Crippen MR) is 83.9 cm³/mol. The second-order valence-corrected chi connectivity index (χ2v) is 6.37.